The summed E-state index contributed by atoms with van der Waals surface area (Å²) >= 11 is 6.29. The van der Waals surface area contributed by atoms with Crippen molar-refractivity contribution in [2.24, 2.45) is 17.6 Å². The van der Waals surface area contributed by atoms with E-state index >= 15 is 0 Å². The van der Waals surface area contributed by atoms with Crippen molar-refractivity contribution in [3.8, 4) is 5.75 Å². The molecule has 184 valence electrons. The van der Waals surface area contributed by atoms with E-state index in [2.05, 4.69) is 24.1 Å². The smallest absolute Gasteiger partial charge is 0.223 e. The number of aliphatic hydroxyl groups is 1. The molecule has 0 unspecified atom stereocenters. The summed E-state index contributed by atoms with van der Waals surface area (Å²) in [6.07, 6.45) is 0.353. The minimum Gasteiger partial charge on any atom is -0.492 e. The van der Waals surface area contributed by atoms with Crippen molar-refractivity contribution < 1.29 is 19.4 Å². The zero-order valence-corrected chi connectivity index (χ0v) is 21.2. The maximum Gasteiger partial charge on any atom is 0.223 e. The highest BCUT2D eigenvalue weighted by Crippen LogP contribution is 2.27. The lowest BCUT2D eigenvalue weighted by molar-refractivity contribution is -0.127. The second-order valence-electron chi connectivity index (χ2n) is 8.91. The molecule has 0 saturated heterocycles. The van der Waals surface area contributed by atoms with Gasteiger partial charge < -0.3 is 25.6 Å². The van der Waals surface area contributed by atoms with Crippen LogP contribution in [-0.4, -0.2) is 68.0 Å². The molecule has 7 nitrogen and oxygen atoms in total. The van der Waals surface area contributed by atoms with Gasteiger partial charge in [-0.3, -0.25) is 9.69 Å². The minimum absolute atomic E-state index is 0.0637. The first-order valence-electron chi connectivity index (χ1n) is 11.4. The lowest BCUT2D eigenvalue weighted by Crippen LogP contribution is -2.48. The van der Waals surface area contributed by atoms with Gasteiger partial charge in [0.15, 0.2) is 0 Å². The normalized spacial score (nSPS) is 14.6. The van der Waals surface area contributed by atoms with Crippen LogP contribution in [0.4, 0.5) is 0 Å². The Morgan fingerprint density at radius 2 is 1.94 bits per heavy atom. The molecular weight excluding hydrogens is 430 g/mol. The zero-order valence-electron chi connectivity index (χ0n) is 20.4. The Kier molecular flexibility index (Phi) is 13.2. The molecule has 1 aromatic rings. The van der Waals surface area contributed by atoms with E-state index in [0.717, 1.165) is 12.0 Å². The van der Waals surface area contributed by atoms with Crippen molar-refractivity contribution in [1.29, 1.82) is 0 Å². The summed E-state index contributed by atoms with van der Waals surface area (Å²) in [5, 5.41) is 14.0. The fourth-order valence-corrected chi connectivity index (χ4v) is 3.70. The number of nitrogens with one attached hydrogen (secondary N) is 1. The summed E-state index contributed by atoms with van der Waals surface area (Å²) < 4.78 is 10.9. The number of nitrogens with zero attached hydrogens (tertiary/aromatic N) is 1. The number of ether oxygens (including phenoxy) is 2. The largest absolute Gasteiger partial charge is 0.492 e. The predicted molar refractivity (Wildman–Crippen MR) is 130 cm³/mol. The number of carbonyl (C=O) groups excluding carboxylic acids is 1. The number of carbonyl (C=O) groups is 1. The highest BCUT2D eigenvalue weighted by molar-refractivity contribution is 6.32. The second-order valence-corrected chi connectivity index (χ2v) is 9.32. The van der Waals surface area contributed by atoms with E-state index in [9.17, 15) is 9.90 Å². The zero-order chi connectivity index (χ0) is 24.3. The van der Waals surface area contributed by atoms with Crippen molar-refractivity contribution in [1.82, 2.24) is 10.2 Å². The third-order valence-electron chi connectivity index (χ3n) is 5.68. The first-order chi connectivity index (χ1) is 15.1. The van der Waals surface area contributed by atoms with E-state index in [-0.39, 0.29) is 23.8 Å². The van der Waals surface area contributed by atoms with Gasteiger partial charge in [-0.15, -0.1) is 0 Å². The highest BCUT2D eigenvalue weighted by atomic mass is 35.5. The summed E-state index contributed by atoms with van der Waals surface area (Å²) in [4.78, 5) is 14.4. The number of halogens is 1. The van der Waals surface area contributed by atoms with Crippen LogP contribution in [0.2, 0.25) is 5.02 Å². The van der Waals surface area contributed by atoms with Gasteiger partial charge in [-0.05, 0) is 43.9 Å². The van der Waals surface area contributed by atoms with E-state index < -0.39 is 12.1 Å². The van der Waals surface area contributed by atoms with Crippen molar-refractivity contribution in [3.05, 3.63) is 28.8 Å². The molecule has 1 rings (SSSR count). The Balaban J connectivity index is 2.80. The molecule has 0 bridgehead atoms. The highest BCUT2D eigenvalue weighted by Gasteiger charge is 2.28. The number of benzene rings is 1. The van der Waals surface area contributed by atoms with Crippen LogP contribution in [0.15, 0.2) is 18.2 Å². The molecule has 32 heavy (non-hydrogen) atoms. The van der Waals surface area contributed by atoms with Crippen LogP contribution in [0.3, 0.4) is 0 Å². The summed E-state index contributed by atoms with van der Waals surface area (Å²) in [6, 6.07) is 5.51. The molecule has 0 aliphatic carbocycles. The average molecular weight is 472 g/mol. The maximum atomic E-state index is 12.2. The molecule has 3 atom stereocenters. The molecule has 1 amide bonds. The van der Waals surface area contributed by atoms with Crippen molar-refractivity contribution in [2.75, 3.05) is 33.9 Å². The topological polar surface area (TPSA) is 97.0 Å². The molecule has 0 saturated carbocycles. The lowest BCUT2D eigenvalue weighted by Gasteiger charge is -2.32. The number of aliphatic hydroxyl groups excluding tert-OH is 1. The SMILES string of the molecule is CNC(=O)[C@@H](C[C@H](O)[C@@H](N)CN(Cc1ccc(Cl)c(OCCCOC)c1)C(C)C)C(C)C. The standard InChI is InChI=1S/C24H42ClN3O4/c1-16(2)19(24(30)27-5)13-22(29)21(26)15-28(17(3)4)14-18-8-9-20(25)23(12-18)32-11-7-10-31-6/h8-9,12,16-17,19,21-22,29H,7,10-11,13-15,26H2,1-6H3,(H,27,30)/t19-,21-,22-/m0/s1. The Hall–Kier alpha value is -1.38. The Labute approximate surface area is 198 Å². The molecular formula is C24H42ClN3O4. The van der Waals surface area contributed by atoms with E-state index in [4.69, 9.17) is 26.8 Å². The molecule has 0 fully saturated rings. The van der Waals surface area contributed by atoms with E-state index in [1.54, 1.807) is 14.2 Å². The van der Waals surface area contributed by atoms with Gasteiger partial charge in [-0.25, -0.2) is 0 Å². The van der Waals surface area contributed by atoms with Gasteiger partial charge in [0.1, 0.15) is 5.75 Å². The second kappa shape index (κ2) is 14.7. The van der Waals surface area contributed by atoms with Gasteiger partial charge in [0.25, 0.3) is 0 Å². The van der Waals surface area contributed by atoms with Crippen LogP contribution >= 0.6 is 11.6 Å². The first-order valence-corrected chi connectivity index (χ1v) is 11.8. The molecule has 1 aromatic carbocycles. The van der Waals surface area contributed by atoms with Crippen LogP contribution in [0.5, 0.6) is 5.75 Å². The third-order valence-corrected chi connectivity index (χ3v) is 6.00. The summed E-state index contributed by atoms with van der Waals surface area (Å²) in [7, 11) is 3.28. The molecule has 0 aliphatic heterocycles. The molecule has 0 aromatic heterocycles. The molecule has 8 heteroatoms. The molecule has 0 aliphatic rings. The first kappa shape index (κ1) is 28.7. The van der Waals surface area contributed by atoms with Crippen molar-refractivity contribution >= 4 is 17.5 Å². The molecule has 0 radical (unpaired) electrons. The summed E-state index contributed by atoms with van der Waals surface area (Å²) in [6.45, 7) is 10.5. The number of rotatable bonds is 15. The third kappa shape index (κ3) is 9.63. The molecule has 0 spiro atoms. The quantitative estimate of drug-likeness (QED) is 0.340. The van der Waals surface area contributed by atoms with Crippen LogP contribution in [0, 0.1) is 11.8 Å². The number of methoxy groups -OCH3 is 1. The fraction of sp³-hybridized carbons (Fsp3) is 0.708. The van der Waals surface area contributed by atoms with Crippen LogP contribution in [0.1, 0.15) is 46.1 Å². The van der Waals surface area contributed by atoms with Gasteiger partial charge in [-0.1, -0.05) is 31.5 Å². The van der Waals surface area contributed by atoms with Crippen molar-refractivity contribution in [2.45, 2.75) is 65.3 Å². The van der Waals surface area contributed by atoms with Crippen LogP contribution in [-0.2, 0) is 16.1 Å². The van der Waals surface area contributed by atoms with E-state index in [0.29, 0.717) is 43.5 Å². The lowest BCUT2D eigenvalue weighted by atomic mass is 9.87. The molecule has 4 N–H and O–H groups in total. The Morgan fingerprint density at radius 3 is 2.50 bits per heavy atom. The minimum atomic E-state index is -0.772. The van der Waals surface area contributed by atoms with E-state index in [1.807, 2.05) is 32.0 Å². The van der Waals surface area contributed by atoms with Gasteiger partial charge in [0.05, 0.1) is 17.7 Å². The maximum absolute atomic E-state index is 12.2. The van der Waals surface area contributed by atoms with Crippen LogP contribution < -0.4 is 15.8 Å². The summed E-state index contributed by atoms with van der Waals surface area (Å²) in [5.41, 5.74) is 7.42. The van der Waals surface area contributed by atoms with Gasteiger partial charge in [0.2, 0.25) is 5.91 Å². The van der Waals surface area contributed by atoms with Crippen LogP contribution in [0.25, 0.3) is 0 Å². The monoisotopic (exact) mass is 471 g/mol. The number of hydrogen-bond acceptors (Lipinski definition) is 6. The predicted octanol–water partition coefficient (Wildman–Crippen LogP) is 3.06. The Bertz CT molecular complexity index is 687. The average Bonchev–Trinajstić information content (AvgIpc) is 2.75. The van der Waals surface area contributed by atoms with E-state index in [1.165, 1.54) is 0 Å². The van der Waals surface area contributed by atoms with Crippen molar-refractivity contribution in [3.63, 3.8) is 0 Å². The number of hydrogen-bond donors (Lipinski definition) is 3. The fourth-order valence-electron chi connectivity index (χ4n) is 3.53. The Morgan fingerprint density at radius 1 is 1.25 bits per heavy atom. The summed E-state index contributed by atoms with van der Waals surface area (Å²) in [5.74, 6) is 0.432. The van der Waals surface area contributed by atoms with Gasteiger partial charge in [-0.2, -0.15) is 0 Å². The molecule has 0 heterocycles. The van der Waals surface area contributed by atoms with Gasteiger partial charge in [0, 0.05) is 58.3 Å². The number of amides is 1. The number of nitrogens with two attached hydrogens (primary N) is 1. The van der Waals surface area contributed by atoms with Gasteiger partial charge >= 0.3 is 0 Å².